The van der Waals surface area contributed by atoms with Crippen molar-refractivity contribution in [3.63, 3.8) is 0 Å². The van der Waals surface area contributed by atoms with E-state index in [0.717, 1.165) is 0 Å². The fourth-order valence-corrected chi connectivity index (χ4v) is 1.46. The maximum absolute atomic E-state index is 11.1. The summed E-state index contributed by atoms with van der Waals surface area (Å²) in [7, 11) is 2.97. The van der Waals surface area contributed by atoms with Crippen LogP contribution in [0.4, 0.5) is 0 Å². The van der Waals surface area contributed by atoms with E-state index in [0.29, 0.717) is 28.9 Å². The van der Waals surface area contributed by atoms with E-state index in [1.54, 1.807) is 19.1 Å². The maximum Gasteiger partial charge on any atom is 0.305 e. The Labute approximate surface area is 106 Å². The Morgan fingerprint density at radius 2 is 2.00 bits per heavy atom. The monoisotopic (exact) mass is 252 g/mol. The molecule has 0 radical (unpaired) electrons. The predicted octanol–water partition coefficient (Wildman–Crippen LogP) is 1.97. The maximum atomic E-state index is 11.1. The molecular formula is C13H16O5. The van der Waals surface area contributed by atoms with E-state index in [-0.39, 0.29) is 19.0 Å². The van der Waals surface area contributed by atoms with Crippen LogP contribution in [0.25, 0.3) is 0 Å². The summed E-state index contributed by atoms with van der Waals surface area (Å²) in [6.45, 7) is 1.73. The van der Waals surface area contributed by atoms with Crippen molar-refractivity contribution in [3.05, 3.63) is 23.3 Å². The Morgan fingerprint density at radius 3 is 2.50 bits per heavy atom. The number of esters is 1. The zero-order valence-corrected chi connectivity index (χ0v) is 10.7. The van der Waals surface area contributed by atoms with Crippen LogP contribution >= 0.6 is 0 Å². The Kier molecular flexibility index (Phi) is 5.17. The summed E-state index contributed by atoms with van der Waals surface area (Å²) < 4.78 is 15.2. The average molecular weight is 252 g/mol. The SMILES string of the molecule is CCC(=O)OCc1cc(OC)cc(OC)c1C=O. The molecule has 0 aliphatic rings. The standard InChI is InChI=1S/C13H16O5/c1-4-13(15)18-8-9-5-10(16-2)6-12(17-3)11(9)7-14/h5-7H,4,8H2,1-3H3. The first kappa shape index (κ1) is 14.0. The Morgan fingerprint density at radius 1 is 1.28 bits per heavy atom. The van der Waals surface area contributed by atoms with Crippen molar-refractivity contribution in [2.75, 3.05) is 14.2 Å². The van der Waals surface area contributed by atoms with Gasteiger partial charge >= 0.3 is 5.97 Å². The molecular weight excluding hydrogens is 236 g/mol. The lowest BCUT2D eigenvalue weighted by Crippen LogP contribution is -2.06. The molecule has 0 N–H and O–H groups in total. The molecule has 98 valence electrons. The van der Waals surface area contributed by atoms with Gasteiger partial charge in [-0.25, -0.2) is 0 Å². The van der Waals surface area contributed by atoms with Crippen LogP contribution in [0.5, 0.6) is 11.5 Å². The first-order chi connectivity index (χ1) is 8.65. The van der Waals surface area contributed by atoms with Crippen molar-refractivity contribution < 1.29 is 23.8 Å². The number of carbonyl (C=O) groups excluding carboxylic acids is 2. The fraction of sp³-hybridized carbons (Fsp3) is 0.385. The highest BCUT2D eigenvalue weighted by molar-refractivity contribution is 5.82. The van der Waals surface area contributed by atoms with Crippen LogP contribution in [0.2, 0.25) is 0 Å². The molecule has 0 bridgehead atoms. The molecule has 5 heteroatoms. The van der Waals surface area contributed by atoms with E-state index in [2.05, 4.69) is 0 Å². The van der Waals surface area contributed by atoms with Gasteiger partial charge in [0.15, 0.2) is 6.29 Å². The van der Waals surface area contributed by atoms with Crippen molar-refractivity contribution in [2.24, 2.45) is 0 Å². The first-order valence-corrected chi connectivity index (χ1v) is 5.51. The minimum Gasteiger partial charge on any atom is -0.497 e. The average Bonchev–Trinajstić information content (AvgIpc) is 2.43. The van der Waals surface area contributed by atoms with E-state index in [9.17, 15) is 9.59 Å². The second kappa shape index (κ2) is 6.64. The third-order valence-electron chi connectivity index (χ3n) is 2.45. The summed E-state index contributed by atoms with van der Waals surface area (Å²) in [6.07, 6.45) is 0.963. The molecule has 0 saturated heterocycles. The highest BCUT2D eigenvalue weighted by atomic mass is 16.5. The topological polar surface area (TPSA) is 61.8 Å². The van der Waals surface area contributed by atoms with Crippen LogP contribution in [0, 0.1) is 0 Å². The summed E-state index contributed by atoms with van der Waals surface area (Å²) in [5.41, 5.74) is 0.921. The number of rotatable bonds is 6. The van der Waals surface area contributed by atoms with Crippen molar-refractivity contribution in [3.8, 4) is 11.5 Å². The molecule has 0 aromatic heterocycles. The largest absolute Gasteiger partial charge is 0.497 e. The Hall–Kier alpha value is -2.04. The summed E-state index contributed by atoms with van der Waals surface area (Å²) in [5, 5.41) is 0. The Bertz CT molecular complexity index is 439. The summed E-state index contributed by atoms with van der Waals surface area (Å²) in [4.78, 5) is 22.2. The van der Waals surface area contributed by atoms with E-state index >= 15 is 0 Å². The van der Waals surface area contributed by atoms with Crippen LogP contribution in [0.1, 0.15) is 29.3 Å². The third kappa shape index (κ3) is 3.23. The van der Waals surface area contributed by atoms with Crippen LogP contribution in [-0.2, 0) is 16.1 Å². The van der Waals surface area contributed by atoms with E-state index in [1.165, 1.54) is 14.2 Å². The minimum absolute atomic E-state index is 0.0221. The highest BCUT2D eigenvalue weighted by Crippen LogP contribution is 2.28. The van der Waals surface area contributed by atoms with Gasteiger partial charge in [-0.05, 0) is 6.07 Å². The van der Waals surface area contributed by atoms with Crippen molar-refractivity contribution in [2.45, 2.75) is 20.0 Å². The van der Waals surface area contributed by atoms with E-state index < -0.39 is 0 Å². The highest BCUT2D eigenvalue weighted by Gasteiger charge is 2.13. The number of hydrogen-bond donors (Lipinski definition) is 0. The van der Waals surface area contributed by atoms with Gasteiger partial charge in [-0.15, -0.1) is 0 Å². The molecule has 0 amide bonds. The number of ether oxygens (including phenoxy) is 3. The molecule has 1 aromatic rings. The van der Waals surface area contributed by atoms with Crippen molar-refractivity contribution in [1.29, 1.82) is 0 Å². The van der Waals surface area contributed by atoms with Gasteiger partial charge in [0.1, 0.15) is 18.1 Å². The number of hydrogen-bond acceptors (Lipinski definition) is 5. The molecule has 0 fully saturated rings. The van der Waals surface area contributed by atoms with Crippen LogP contribution < -0.4 is 9.47 Å². The minimum atomic E-state index is -0.325. The van der Waals surface area contributed by atoms with Gasteiger partial charge < -0.3 is 14.2 Å². The van der Waals surface area contributed by atoms with Gasteiger partial charge in [0.2, 0.25) is 0 Å². The predicted molar refractivity (Wildman–Crippen MR) is 65.0 cm³/mol. The molecule has 0 spiro atoms. The zero-order chi connectivity index (χ0) is 13.5. The van der Waals surface area contributed by atoms with Crippen molar-refractivity contribution >= 4 is 12.3 Å². The summed E-state index contributed by atoms with van der Waals surface area (Å²) in [5.74, 6) is 0.612. The lowest BCUT2D eigenvalue weighted by molar-refractivity contribution is -0.144. The molecule has 5 nitrogen and oxygen atoms in total. The lowest BCUT2D eigenvalue weighted by atomic mass is 10.1. The molecule has 0 heterocycles. The Balaban J connectivity index is 3.06. The number of methoxy groups -OCH3 is 2. The van der Waals surface area contributed by atoms with Gasteiger partial charge in [-0.1, -0.05) is 6.92 Å². The number of aldehydes is 1. The lowest BCUT2D eigenvalue weighted by Gasteiger charge is -2.12. The van der Waals surface area contributed by atoms with Crippen molar-refractivity contribution in [1.82, 2.24) is 0 Å². The van der Waals surface area contributed by atoms with Gasteiger partial charge in [-0.3, -0.25) is 9.59 Å². The van der Waals surface area contributed by atoms with E-state index in [4.69, 9.17) is 14.2 Å². The molecule has 0 atom stereocenters. The summed E-state index contributed by atoms with van der Waals surface area (Å²) in [6, 6.07) is 3.25. The van der Waals surface area contributed by atoms with E-state index in [1.807, 2.05) is 0 Å². The van der Waals surface area contributed by atoms with Crippen LogP contribution in [-0.4, -0.2) is 26.5 Å². The number of carbonyl (C=O) groups is 2. The second-order valence-corrected chi connectivity index (χ2v) is 3.53. The smallest absolute Gasteiger partial charge is 0.305 e. The third-order valence-corrected chi connectivity index (χ3v) is 2.45. The molecule has 1 aromatic carbocycles. The molecule has 0 aliphatic carbocycles. The fourth-order valence-electron chi connectivity index (χ4n) is 1.46. The van der Waals surface area contributed by atoms with Gasteiger partial charge in [0.05, 0.1) is 19.8 Å². The second-order valence-electron chi connectivity index (χ2n) is 3.53. The molecule has 1 rings (SSSR count). The molecule has 0 saturated carbocycles. The molecule has 0 unspecified atom stereocenters. The van der Waals surface area contributed by atoms with Crippen LogP contribution in [0.3, 0.4) is 0 Å². The normalized spacial score (nSPS) is 9.72. The molecule has 0 aliphatic heterocycles. The van der Waals surface area contributed by atoms with Gasteiger partial charge in [-0.2, -0.15) is 0 Å². The van der Waals surface area contributed by atoms with Crippen LogP contribution in [0.15, 0.2) is 12.1 Å². The molecule has 18 heavy (non-hydrogen) atoms. The zero-order valence-electron chi connectivity index (χ0n) is 10.7. The van der Waals surface area contributed by atoms with Gasteiger partial charge in [0.25, 0.3) is 0 Å². The quantitative estimate of drug-likeness (QED) is 0.572. The van der Waals surface area contributed by atoms with Gasteiger partial charge in [0, 0.05) is 18.1 Å². The summed E-state index contributed by atoms with van der Waals surface area (Å²) >= 11 is 0. The first-order valence-electron chi connectivity index (χ1n) is 5.51. The number of benzene rings is 1.